The van der Waals surface area contributed by atoms with Gasteiger partial charge in [0.05, 0.1) is 45.8 Å². The van der Waals surface area contributed by atoms with E-state index >= 15 is 0 Å². The normalized spacial score (nSPS) is 23.1. The lowest BCUT2D eigenvalue weighted by Gasteiger charge is -2.41. The Morgan fingerprint density at radius 1 is 0.782 bits per heavy atom. The zero-order valence-corrected chi connectivity index (χ0v) is 31.1. The van der Waals surface area contributed by atoms with Crippen molar-refractivity contribution in [2.75, 3.05) is 52.5 Å². The summed E-state index contributed by atoms with van der Waals surface area (Å²) in [6.07, 6.45) is 3.76. The molecule has 3 unspecified atom stereocenters. The van der Waals surface area contributed by atoms with Crippen molar-refractivity contribution in [2.45, 2.75) is 42.9 Å². The number of ether oxygens (including phenoxy) is 5. The van der Waals surface area contributed by atoms with E-state index in [0.717, 1.165) is 92.6 Å². The summed E-state index contributed by atoms with van der Waals surface area (Å²) in [7, 11) is 4.98. The van der Waals surface area contributed by atoms with E-state index in [1.165, 1.54) is 12.1 Å². The van der Waals surface area contributed by atoms with Gasteiger partial charge >= 0.3 is 6.18 Å². The largest absolute Gasteiger partial charge is 0.497 e. The smallest absolute Gasteiger partial charge is 0.416 e. The summed E-state index contributed by atoms with van der Waals surface area (Å²) < 4.78 is 74.2. The van der Waals surface area contributed by atoms with Gasteiger partial charge in [-0.25, -0.2) is 0 Å². The van der Waals surface area contributed by atoms with Crippen LogP contribution in [-0.2, 0) is 21.9 Å². The summed E-state index contributed by atoms with van der Waals surface area (Å²) in [6.45, 7) is 2.59. The molecule has 9 heteroatoms. The van der Waals surface area contributed by atoms with Gasteiger partial charge in [-0.2, -0.15) is 13.2 Å². The maximum Gasteiger partial charge on any atom is 0.416 e. The van der Waals surface area contributed by atoms with E-state index in [4.69, 9.17) is 23.7 Å². The highest BCUT2D eigenvalue weighted by Gasteiger charge is 2.59. The Bertz CT molecular complexity index is 2320. The standard InChI is InChI=1S/C46H42F3NO5/c1-51-32-11-6-28(7-12-32)45(29-8-13-33(52-2)14-9-29)17-16-35-42-41(36-24-39(50-18-20-54-21-19-50)40(53-3)25-37(36)43(35)55-45)34-15-10-31(46(47,48)49)23-38(34)44(42)26-27-4-5-30(44)22-27/h6-17,23-25,27,30H,4-5,18-22,26H2,1-3H3. The zero-order chi connectivity index (χ0) is 37.7. The Balaban J connectivity index is 1.30. The van der Waals surface area contributed by atoms with Crippen molar-refractivity contribution in [3.63, 3.8) is 0 Å². The van der Waals surface area contributed by atoms with Crippen molar-refractivity contribution in [1.82, 2.24) is 0 Å². The lowest BCUT2D eigenvalue weighted by Crippen LogP contribution is -2.37. The van der Waals surface area contributed by atoms with Gasteiger partial charge in [-0.3, -0.25) is 0 Å². The molecule has 2 saturated carbocycles. The van der Waals surface area contributed by atoms with Gasteiger partial charge in [-0.1, -0.05) is 42.8 Å². The molecule has 3 aliphatic carbocycles. The first-order valence-corrected chi connectivity index (χ1v) is 19.1. The minimum absolute atomic E-state index is 0.225. The Morgan fingerprint density at radius 3 is 2.05 bits per heavy atom. The molecular weight excluding hydrogens is 704 g/mol. The molecule has 6 nitrogen and oxygen atoms in total. The maximum atomic E-state index is 14.5. The van der Waals surface area contributed by atoms with Gasteiger partial charge in [0.1, 0.15) is 23.0 Å². The molecule has 282 valence electrons. The average Bonchev–Trinajstić information content (AvgIpc) is 3.92. The van der Waals surface area contributed by atoms with E-state index in [1.807, 2.05) is 48.5 Å². The van der Waals surface area contributed by atoms with Crippen LogP contribution in [0.3, 0.4) is 0 Å². The van der Waals surface area contributed by atoms with Crippen LogP contribution in [0.4, 0.5) is 18.9 Å². The molecule has 2 heterocycles. The van der Waals surface area contributed by atoms with E-state index in [1.54, 1.807) is 27.4 Å². The van der Waals surface area contributed by atoms with Crippen molar-refractivity contribution in [1.29, 1.82) is 0 Å². The molecule has 5 aromatic carbocycles. The number of hydrogen-bond acceptors (Lipinski definition) is 6. The van der Waals surface area contributed by atoms with Crippen LogP contribution in [0.15, 0.2) is 84.9 Å². The van der Waals surface area contributed by atoms with Crippen LogP contribution in [0.5, 0.6) is 23.0 Å². The first-order chi connectivity index (χ1) is 26.7. The van der Waals surface area contributed by atoms with Gasteiger partial charge in [-0.05, 0) is 113 Å². The molecule has 0 aromatic heterocycles. The summed E-state index contributed by atoms with van der Waals surface area (Å²) >= 11 is 0. The third-order valence-corrected chi connectivity index (χ3v) is 13.1. The fraction of sp³-hybridized carbons (Fsp3) is 0.348. The molecular formula is C46H42F3NO5. The summed E-state index contributed by atoms with van der Waals surface area (Å²) in [4.78, 5) is 2.28. The molecule has 3 fully saturated rings. The Morgan fingerprint density at radius 2 is 1.47 bits per heavy atom. The van der Waals surface area contributed by atoms with Crippen molar-refractivity contribution in [2.24, 2.45) is 11.8 Å². The highest BCUT2D eigenvalue weighted by Crippen LogP contribution is 2.69. The van der Waals surface area contributed by atoms with Crippen LogP contribution in [0.25, 0.3) is 28.0 Å². The minimum Gasteiger partial charge on any atom is -0.497 e. The molecule has 2 bridgehead atoms. The second kappa shape index (κ2) is 12.4. The Labute approximate surface area is 318 Å². The molecule has 0 radical (unpaired) electrons. The number of halogens is 3. The van der Waals surface area contributed by atoms with Gasteiger partial charge in [0, 0.05) is 40.6 Å². The number of hydrogen-bond donors (Lipinski definition) is 0. The van der Waals surface area contributed by atoms with Crippen molar-refractivity contribution < 1.29 is 36.9 Å². The summed E-state index contributed by atoms with van der Waals surface area (Å²) in [5.74, 6) is 3.53. The van der Waals surface area contributed by atoms with Gasteiger partial charge < -0.3 is 28.6 Å². The van der Waals surface area contributed by atoms with Gasteiger partial charge in [0.2, 0.25) is 0 Å². The number of fused-ring (bicyclic) bond motifs is 13. The number of methoxy groups -OCH3 is 3. The van der Waals surface area contributed by atoms with Crippen LogP contribution in [0.1, 0.15) is 59.1 Å². The van der Waals surface area contributed by atoms with Crippen molar-refractivity contribution in [3.8, 4) is 34.1 Å². The summed E-state index contributed by atoms with van der Waals surface area (Å²) in [5, 5.41) is 1.80. The first kappa shape index (κ1) is 34.3. The quantitative estimate of drug-likeness (QED) is 0.173. The molecule has 1 saturated heterocycles. The minimum atomic E-state index is -4.46. The van der Waals surface area contributed by atoms with Gasteiger partial charge in [0.15, 0.2) is 5.60 Å². The number of rotatable bonds is 6. The van der Waals surface area contributed by atoms with E-state index in [9.17, 15) is 13.2 Å². The van der Waals surface area contributed by atoms with Crippen LogP contribution >= 0.6 is 0 Å². The predicted octanol–water partition coefficient (Wildman–Crippen LogP) is 10.2. The molecule has 2 aliphatic heterocycles. The maximum absolute atomic E-state index is 14.5. The number of alkyl halides is 3. The first-order valence-electron chi connectivity index (χ1n) is 19.1. The highest BCUT2D eigenvalue weighted by atomic mass is 19.4. The van der Waals surface area contributed by atoms with Crippen LogP contribution in [-0.4, -0.2) is 47.6 Å². The Kier molecular flexibility index (Phi) is 7.76. The van der Waals surface area contributed by atoms with Crippen LogP contribution in [0.2, 0.25) is 0 Å². The summed E-state index contributed by atoms with van der Waals surface area (Å²) in [5.41, 5.74) is 5.25. The van der Waals surface area contributed by atoms with Gasteiger partial charge in [-0.15, -0.1) is 0 Å². The number of morpholine rings is 1. The monoisotopic (exact) mass is 745 g/mol. The summed E-state index contributed by atoms with van der Waals surface area (Å²) in [6, 6.07) is 24.6. The molecule has 10 rings (SSSR count). The Hall–Kier alpha value is -5.15. The second-order valence-corrected chi connectivity index (χ2v) is 15.6. The molecule has 55 heavy (non-hydrogen) atoms. The third kappa shape index (κ3) is 4.97. The van der Waals surface area contributed by atoms with Crippen molar-refractivity contribution in [3.05, 3.63) is 118 Å². The highest BCUT2D eigenvalue weighted by molar-refractivity contribution is 6.10. The van der Waals surface area contributed by atoms with Crippen molar-refractivity contribution >= 4 is 22.5 Å². The topological polar surface area (TPSA) is 49.4 Å². The van der Waals surface area contributed by atoms with Gasteiger partial charge in [0.25, 0.3) is 0 Å². The fourth-order valence-corrected chi connectivity index (χ4v) is 10.7. The third-order valence-electron chi connectivity index (χ3n) is 13.1. The molecule has 1 spiro atoms. The van der Waals surface area contributed by atoms with E-state index in [2.05, 4.69) is 29.2 Å². The van der Waals surface area contributed by atoms with Crippen LogP contribution in [0, 0.1) is 11.8 Å². The lowest BCUT2D eigenvalue weighted by molar-refractivity contribution is -0.137. The van der Waals surface area contributed by atoms with Crippen LogP contribution < -0.4 is 23.8 Å². The SMILES string of the molecule is COc1ccc(C2(c3ccc(OC)cc3)C=Cc3c4c(c5cc(N6CCOCC6)c(OC)cc5c3O2)-c2ccc(C(F)(F)F)cc2C42CC3CCC2C3)cc1. The predicted molar refractivity (Wildman–Crippen MR) is 207 cm³/mol. The fourth-order valence-electron chi connectivity index (χ4n) is 10.7. The number of benzene rings is 5. The van der Waals surface area contributed by atoms with E-state index in [0.29, 0.717) is 43.7 Å². The zero-order valence-electron chi connectivity index (χ0n) is 31.1. The molecule has 0 N–H and O–H groups in total. The number of anilines is 1. The molecule has 0 amide bonds. The number of nitrogens with zero attached hydrogens (tertiary/aromatic N) is 1. The molecule has 5 aromatic rings. The van der Waals surface area contributed by atoms with E-state index < -0.39 is 22.8 Å². The second-order valence-electron chi connectivity index (χ2n) is 15.6. The molecule has 3 atom stereocenters. The van der Waals surface area contributed by atoms with E-state index in [-0.39, 0.29) is 5.92 Å². The molecule has 5 aliphatic rings. The average molecular weight is 746 g/mol. The lowest BCUT2D eigenvalue weighted by atomic mass is 9.65.